The minimum atomic E-state index is 0.197. The molecule has 1 saturated heterocycles. The van der Waals surface area contributed by atoms with Crippen LogP contribution in [0.25, 0.3) is 0 Å². The fourth-order valence-corrected chi connectivity index (χ4v) is 5.73. The number of carbonyl (C=O) groups excluding carboxylic acids is 1. The molecule has 26 heavy (non-hydrogen) atoms. The summed E-state index contributed by atoms with van der Waals surface area (Å²) in [5.41, 5.74) is 1.58. The van der Waals surface area contributed by atoms with Crippen LogP contribution in [-0.4, -0.2) is 34.8 Å². The number of hydrogen-bond acceptors (Lipinski definition) is 5. The van der Waals surface area contributed by atoms with Crippen LogP contribution in [0.2, 0.25) is 0 Å². The molecule has 0 aromatic carbocycles. The summed E-state index contributed by atoms with van der Waals surface area (Å²) in [5.74, 6) is 0.197. The Morgan fingerprint density at radius 2 is 2.19 bits per heavy atom. The van der Waals surface area contributed by atoms with Crippen molar-refractivity contribution in [2.45, 2.75) is 45.3 Å². The van der Waals surface area contributed by atoms with Gasteiger partial charge in [-0.1, -0.05) is 0 Å². The number of carbonyl (C=O) groups is 1. The number of piperidine rings is 1. The fourth-order valence-electron chi connectivity index (χ4n) is 4.22. The van der Waals surface area contributed by atoms with Gasteiger partial charge in [0.25, 0.3) is 0 Å². The lowest BCUT2D eigenvalue weighted by Gasteiger charge is -2.34. The summed E-state index contributed by atoms with van der Waals surface area (Å²) in [6.07, 6.45) is 3.49. The maximum atomic E-state index is 12.2. The van der Waals surface area contributed by atoms with E-state index in [2.05, 4.69) is 38.8 Å². The van der Waals surface area contributed by atoms with Gasteiger partial charge in [-0.05, 0) is 72.3 Å². The highest BCUT2D eigenvalue weighted by Crippen LogP contribution is 2.57. The number of rotatable bonds is 5. The molecule has 1 aliphatic carbocycles. The van der Waals surface area contributed by atoms with Crippen molar-refractivity contribution in [3.05, 3.63) is 44.3 Å². The zero-order chi connectivity index (χ0) is 18.1. The van der Waals surface area contributed by atoms with Crippen LogP contribution in [0, 0.1) is 16.7 Å². The lowest BCUT2D eigenvalue weighted by atomic mass is 9.92. The van der Waals surface area contributed by atoms with E-state index in [0.29, 0.717) is 11.5 Å². The van der Waals surface area contributed by atoms with Gasteiger partial charge in [-0.2, -0.15) is 16.6 Å². The van der Waals surface area contributed by atoms with Crippen LogP contribution in [0.5, 0.6) is 0 Å². The van der Waals surface area contributed by atoms with Gasteiger partial charge < -0.3 is 4.90 Å². The Kier molecular flexibility index (Phi) is 4.87. The molecule has 3 heterocycles. The number of hydrogen-bond donors (Lipinski definition) is 0. The van der Waals surface area contributed by atoms with Crippen molar-refractivity contribution in [2.24, 2.45) is 5.41 Å². The SMILES string of the molecule is CC(=O)N(Cc1ccsc1)[C@H]1CC12CCN(Cc1ccc(C#N)s1)CC2. The fraction of sp³-hybridized carbons (Fsp3) is 0.500. The minimum Gasteiger partial charge on any atom is -0.335 e. The van der Waals surface area contributed by atoms with Gasteiger partial charge in [-0.25, -0.2) is 0 Å². The molecule has 1 atom stereocenters. The van der Waals surface area contributed by atoms with Crippen LogP contribution in [0.4, 0.5) is 0 Å². The van der Waals surface area contributed by atoms with E-state index in [9.17, 15) is 4.79 Å². The molecule has 0 bridgehead atoms. The van der Waals surface area contributed by atoms with E-state index in [1.165, 1.54) is 23.3 Å². The molecule has 1 aliphatic heterocycles. The molecule has 4 nitrogen and oxygen atoms in total. The van der Waals surface area contributed by atoms with E-state index in [-0.39, 0.29) is 5.91 Å². The molecule has 1 saturated carbocycles. The van der Waals surface area contributed by atoms with E-state index >= 15 is 0 Å². The van der Waals surface area contributed by atoms with Gasteiger partial charge in [0, 0.05) is 30.9 Å². The zero-order valence-corrected chi connectivity index (χ0v) is 16.6. The maximum Gasteiger partial charge on any atom is 0.220 e. The predicted molar refractivity (Wildman–Crippen MR) is 105 cm³/mol. The van der Waals surface area contributed by atoms with Crippen molar-refractivity contribution in [3.8, 4) is 6.07 Å². The summed E-state index contributed by atoms with van der Waals surface area (Å²) in [7, 11) is 0. The van der Waals surface area contributed by atoms with Crippen molar-refractivity contribution in [3.63, 3.8) is 0 Å². The summed E-state index contributed by atoms with van der Waals surface area (Å²) in [5, 5.41) is 13.2. The van der Waals surface area contributed by atoms with Gasteiger partial charge in [-0.3, -0.25) is 9.69 Å². The molecule has 6 heteroatoms. The molecule has 2 aliphatic rings. The quantitative estimate of drug-likeness (QED) is 0.779. The highest BCUT2D eigenvalue weighted by molar-refractivity contribution is 7.12. The topological polar surface area (TPSA) is 47.3 Å². The minimum absolute atomic E-state index is 0.197. The molecule has 0 N–H and O–H groups in total. The normalized spacial score (nSPS) is 21.5. The average Bonchev–Trinajstić information content (AvgIpc) is 3.01. The van der Waals surface area contributed by atoms with Crippen LogP contribution in [-0.2, 0) is 17.9 Å². The third kappa shape index (κ3) is 3.57. The van der Waals surface area contributed by atoms with E-state index in [1.54, 1.807) is 29.6 Å². The Morgan fingerprint density at radius 3 is 2.81 bits per heavy atom. The Balaban J connectivity index is 1.34. The van der Waals surface area contributed by atoms with Crippen LogP contribution < -0.4 is 0 Å². The van der Waals surface area contributed by atoms with Gasteiger partial charge in [0.05, 0.1) is 0 Å². The van der Waals surface area contributed by atoms with Crippen molar-refractivity contribution in [2.75, 3.05) is 13.1 Å². The molecule has 0 radical (unpaired) electrons. The maximum absolute atomic E-state index is 12.2. The Morgan fingerprint density at radius 1 is 1.38 bits per heavy atom. The number of nitrogens with zero attached hydrogens (tertiary/aromatic N) is 3. The predicted octanol–water partition coefficient (Wildman–Crippen LogP) is 4.08. The lowest BCUT2D eigenvalue weighted by molar-refractivity contribution is -0.130. The first-order valence-electron chi connectivity index (χ1n) is 9.09. The summed E-state index contributed by atoms with van der Waals surface area (Å²) in [4.78, 5) is 18.9. The summed E-state index contributed by atoms with van der Waals surface area (Å²) < 4.78 is 0. The smallest absolute Gasteiger partial charge is 0.220 e. The Labute approximate surface area is 162 Å². The lowest BCUT2D eigenvalue weighted by Crippen LogP contribution is -2.39. The molecule has 2 aromatic heterocycles. The van der Waals surface area contributed by atoms with Crippen molar-refractivity contribution < 1.29 is 4.79 Å². The molecule has 0 unspecified atom stereocenters. The second kappa shape index (κ2) is 7.15. The van der Waals surface area contributed by atoms with Crippen LogP contribution >= 0.6 is 22.7 Å². The highest BCUT2D eigenvalue weighted by Gasteiger charge is 2.58. The van der Waals surface area contributed by atoms with Crippen molar-refractivity contribution in [1.29, 1.82) is 5.26 Å². The number of amides is 1. The first-order valence-corrected chi connectivity index (χ1v) is 10.8. The van der Waals surface area contributed by atoms with E-state index in [0.717, 1.165) is 37.5 Å². The third-order valence-electron chi connectivity index (χ3n) is 5.86. The number of thiophene rings is 2. The molecule has 1 spiro atoms. The van der Waals surface area contributed by atoms with Gasteiger partial charge in [0.1, 0.15) is 10.9 Å². The molecule has 1 amide bonds. The second-order valence-electron chi connectivity index (χ2n) is 7.51. The molecular formula is C20H23N3OS2. The molecule has 4 rings (SSSR count). The van der Waals surface area contributed by atoms with Crippen LogP contribution in [0.15, 0.2) is 29.0 Å². The number of likely N-dealkylation sites (tertiary alicyclic amines) is 1. The summed E-state index contributed by atoms with van der Waals surface area (Å²) in [6, 6.07) is 8.74. The van der Waals surface area contributed by atoms with Gasteiger partial charge >= 0.3 is 0 Å². The second-order valence-corrected chi connectivity index (χ2v) is 9.46. The van der Waals surface area contributed by atoms with Crippen LogP contribution in [0.3, 0.4) is 0 Å². The third-order valence-corrected chi connectivity index (χ3v) is 7.57. The van der Waals surface area contributed by atoms with Gasteiger partial charge in [-0.15, -0.1) is 11.3 Å². The largest absolute Gasteiger partial charge is 0.335 e. The van der Waals surface area contributed by atoms with Gasteiger partial charge in [0.2, 0.25) is 5.91 Å². The molecule has 136 valence electrons. The highest BCUT2D eigenvalue weighted by atomic mass is 32.1. The van der Waals surface area contributed by atoms with Crippen LogP contribution in [0.1, 0.15) is 41.5 Å². The Hall–Kier alpha value is -1.68. The zero-order valence-electron chi connectivity index (χ0n) is 15.0. The first-order chi connectivity index (χ1) is 12.6. The van der Waals surface area contributed by atoms with E-state index < -0.39 is 0 Å². The standard InChI is InChI=1S/C20H23N3OS2/c1-15(24)23(12-16-4-9-25-14-16)19-10-20(19)5-7-22(8-6-20)13-18-3-2-17(11-21)26-18/h2-4,9,14,19H,5-8,10,12-13H2,1H3/t19-/m0/s1. The average molecular weight is 386 g/mol. The van der Waals surface area contributed by atoms with Crippen molar-refractivity contribution >= 4 is 28.6 Å². The summed E-state index contributed by atoms with van der Waals surface area (Å²) >= 11 is 3.29. The molecule has 2 aromatic rings. The molecule has 2 fully saturated rings. The number of nitriles is 1. The van der Waals surface area contributed by atoms with E-state index in [4.69, 9.17) is 5.26 Å². The monoisotopic (exact) mass is 385 g/mol. The summed E-state index contributed by atoms with van der Waals surface area (Å²) in [6.45, 7) is 5.57. The van der Waals surface area contributed by atoms with E-state index in [1.807, 2.05) is 6.07 Å². The van der Waals surface area contributed by atoms with Gasteiger partial charge in [0.15, 0.2) is 0 Å². The Bertz CT molecular complexity index is 812. The first kappa shape index (κ1) is 17.7. The van der Waals surface area contributed by atoms with Crippen molar-refractivity contribution in [1.82, 2.24) is 9.80 Å². The molecular weight excluding hydrogens is 362 g/mol.